The Morgan fingerprint density at radius 3 is 2.52 bits per heavy atom. The minimum Gasteiger partial charge on any atom is -0.490 e. The van der Waals surface area contributed by atoms with E-state index in [1.807, 2.05) is 24.3 Å². The first kappa shape index (κ1) is 16.1. The lowest BCUT2D eigenvalue weighted by Crippen LogP contribution is -2.32. The molecular weight excluding hydrogens is 292 g/mol. The third kappa shape index (κ3) is 4.86. The fourth-order valence-electron chi connectivity index (χ4n) is 3.46. The molecule has 3 N–H and O–H groups in total. The smallest absolute Gasteiger partial charge is 0.319 e. The van der Waals surface area contributed by atoms with E-state index in [2.05, 4.69) is 10.6 Å². The molecule has 3 rings (SSSR count). The first-order valence-corrected chi connectivity index (χ1v) is 8.68. The van der Waals surface area contributed by atoms with E-state index in [1.54, 1.807) is 0 Å². The maximum atomic E-state index is 11.9. The lowest BCUT2D eigenvalue weighted by atomic mass is 10.1. The molecule has 1 aromatic carbocycles. The van der Waals surface area contributed by atoms with Crippen molar-refractivity contribution in [3.63, 3.8) is 0 Å². The standard InChI is InChI=1S/C18H26N2O3/c21-15-8-5-13(11-15)12-19-18(22)20-14-6-9-17(10-7-14)23-16-3-1-2-4-16/h6-7,9-10,13,15-16,21H,1-5,8,11-12H2,(H2,19,20,22)/t13-,15-/m1/s1. The molecule has 126 valence electrons. The highest BCUT2D eigenvalue weighted by Crippen LogP contribution is 2.25. The summed E-state index contributed by atoms with van der Waals surface area (Å²) in [7, 11) is 0. The quantitative estimate of drug-likeness (QED) is 0.780. The number of carbonyl (C=O) groups is 1. The van der Waals surface area contributed by atoms with Gasteiger partial charge in [-0.15, -0.1) is 0 Å². The molecule has 0 aliphatic heterocycles. The number of aliphatic hydroxyl groups excluding tert-OH is 1. The van der Waals surface area contributed by atoms with Gasteiger partial charge in [0.15, 0.2) is 0 Å². The molecule has 1 aromatic rings. The van der Waals surface area contributed by atoms with Crippen LogP contribution in [0.2, 0.25) is 0 Å². The first-order valence-electron chi connectivity index (χ1n) is 8.68. The van der Waals surface area contributed by atoms with Crippen molar-refractivity contribution in [3.8, 4) is 5.75 Å². The molecule has 5 nitrogen and oxygen atoms in total. The minimum atomic E-state index is -0.198. The van der Waals surface area contributed by atoms with Gasteiger partial charge < -0.3 is 20.5 Å². The third-order valence-corrected chi connectivity index (χ3v) is 4.78. The Hall–Kier alpha value is -1.75. The molecule has 2 aliphatic carbocycles. The van der Waals surface area contributed by atoms with Gasteiger partial charge in [-0.25, -0.2) is 4.79 Å². The largest absolute Gasteiger partial charge is 0.490 e. The maximum Gasteiger partial charge on any atom is 0.319 e. The summed E-state index contributed by atoms with van der Waals surface area (Å²) >= 11 is 0. The average Bonchev–Trinajstić information content (AvgIpc) is 3.19. The number of aliphatic hydroxyl groups is 1. The van der Waals surface area contributed by atoms with Crippen molar-refractivity contribution >= 4 is 11.7 Å². The molecule has 0 radical (unpaired) electrons. The van der Waals surface area contributed by atoms with Crippen molar-refractivity contribution in [2.45, 2.75) is 57.2 Å². The molecule has 0 saturated heterocycles. The average molecular weight is 318 g/mol. The summed E-state index contributed by atoms with van der Waals surface area (Å²) < 4.78 is 5.91. The summed E-state index contributed by atoms with van der Waals surface area (Å²) in [6.45, 7) is 0.617. The summed E-state index contributed by atoms with van der Waals surface area (Å²) in [4.78, 5) is 11.9. The summed E-state index contributed by atoms with van der Waals surface area (Å²) in [5.41, 5.74) is 0.757. The molecular formula is C18H26N2O3. The number of nitrogens with one attached hydrogen (secondary N) is 2. The van der Waals surface area contributed by atoms with E-state index >= 15 is 0 Å². The van der Waals surface area contributed by atoms with E-state index in [0.29, 0.717) is 18.6 Å². The van der Waals surface area contributed by atoms with Gasteiger partial charge in [-0.1, -0.05) is 0 Å². The van der Waals surface area contributed by atoms with Crippen LogP contribution >= 0.6 is 0 Å². The number of ether oxygens (including phenoxy) is 1. The maximum absolute atomic E-state index is 11.9. The Labute approximate surface area is 137 Å². The number of rotatable bonds is 5. The Balaban J connectivity index is 1.41. The first-order chi connectivity index (χ1) is 11.2. The Kier molecular flexibility index (Phi) is 5.39. The van der Waals surface area contributed by atoms with Gasteiger partial charge in [-0.3, -0.25) is 0 Å². The second kappa shape index (κ2) is 7.68. The zero-order chi connectivity index (χ0) is 16.1. The van der Waals surface area contributed by atoms with Crippen LogP contribution in [0.4, 0.5) is 10.5 Å². The molecule has 2 fully saturated rings. The van der Waals surface area contributed by atoms with Gasteiger partial charge in [0, 0.05) is 12.2 Å². The van der Waals surface area contributed by atoms with Crippen LogP contribution in [-0.4, -0.2) is 29.9 Å². The highest BCUT2D eigenvalue weighted by Gasteiger charge is 2.23. The molecule has 0 spiro atoms. The SMILES string of the molecule is O=C(NC[C@@H]1CC[C@@H](O)C1)Nc1ccc(OC2CCCC2)cc1. The fourth-order valence-corrected chi connectivity index (χ4v) is 3.46. The predicted octanol–water partition coefficient (Wildman–Crippen LogP) is 3.29. The van der Waals surface area contributed by atoms with Gasteiger partial charge in [-0.05, 0) is 75.1 Å². The Morgan fingerprint density at radius 2 is 1.87 bits per heavy atom. The molecule has 0 bridgehead atoms. The number of hydrogen-bond donors (Lipinski definition) is 3. The van der Waals surface area contributed by atoms with Crippen LogP contribution in [0.25, 0.3) is 0 Å². The number of urea groups is 1. The number of anilines is 1. The zero-order valence-electron chi connectivity index (χ0n) is 13.5. The monoisotopic (exact) mass is 318 g/mol. The molecule has 2 saturated carbocycles. The third-order valence-electron chi connectivity index (χ3n) is 4.78. The second-order valence-corrected chi connectivity index (χ2v) is 6.72. The van der Waals surface area contributed by atoms with Crippen molar-refractivity contribution in [1.82, 2.24) is 5.32 Å². The van der Waals surface area contributed by atoms with Crippen LogP contribution in [0.15, 0.2) is 24.3 Å². The van der Waals surface area contributed by atoms with Crippen LogP contribution < -0.4 is 15.4 Å². The van der Waals surface area contributed by atoms with Crippen molar-refractivity contribution in [1.29, 1.82) is 0 Å². The van der Waals surface area contributed by atoms with E-state index in [-0.39, 0.29) is 12.1 Å². The van der Waals surface area contributed by atoms with Crippen molar-refractivity contribution in [2.24, 2.45) is 5.92 Å². The molecule has 2 aliphatic rings. The zero-order valence-corrected chi connectivity index (χ0v) is 13.5. The van der Waals surface area contributed by atoms with Crippen LogP contribution in [0.1, 0.15) is 44.9 Å². The molecule has 5 heteroatoms. The lowest BCUT2D eigenvalue weighted by molar-refractivity contribution is 0.177. The van der Waals surface area contributed by atoms with Crippen molar-refractivity contribution in [3.05, 3.63) is 24.3 Å². The summed E-state index contributed by atoms with van der Waals surface area (Å²) in [5.74, 6) is 1.25. The molecule has 0 aromatic heterocycles. The van der Waals surface area contributed by atoms with Gasteiger partial charge >= 0.3 is 6.03 Å². The number of hydrogen-bond acceptors (Lipinski definition) is 3. The van der Waals surface area contributed by atoms with Crippen molar-refractivity contribution in [2.75, 3.05) is 11.9 Å². The van der Waals surface area contributed by atoms with Crippen LogP contribution in [0.5, 0.6) is 5.75 Å². The topological polar surface area (TPSA) is 70.6 Å². The van der Waals surface area contributed by atoms with Crippen LogP contribution in [0, 0.1) is 5.92 Å². The molecule has 0 unspecified atom stereocenters. The van der Waals surface area contributed by atoms with Crippen LogP contribution in [-0.2, 0) is 0 Å². The lowest BCUT2D eigenvalue weighted by Gasteiger charge is -2.14. The van der Waals surface area contributed by atoms with Crippen molar-refractivity contribution < 1.29 is 14.6 Å². The van der Waals surface area contributed by atoms with E-state index in [9.17, 15) is 9.90 Å². The molecule has 2 amide bonds. The van der Waals surface area contributed by atoms with Gasteiger partial charge in [0.25, 0.3) is 0 Å². The van der Waals surface area contributed by atoms with Gasteiger partial charge in [0.05, 0.1) is 12.2 Å². The van der Waals surface area contributed by atoms with Gasteiger partial charge in [0.2, 0.25) is 0 Å². The highest BCUT2D eigenvalue weighted by molar-refractivity contribution is 5.89. The summed E-state index contributed by atoms with van der Waals surface area (Å²) in [6.07, 6.45) is 7.54. The molecule has 2 atom stereocenters. The van der Waals surface area contributed by atoms with E-state index < -0.39 is 0 Å². The minimum absolute atomic E-state index is 0.197. The number of carbonyl (C=O) groups excluding carboxylic acids is 1. The summed E-state index contributed by atoms with van der Waals surface area (Å²) in [6, 6.07) is 7.34. The number of benzene rings is 1. The fraction of sp³-hybridized carbons (Fsp3) is 0.611. The van der Waals surface area contributed by atoms with Gasteiger partial charge in [-0.2, -0.15) is 0 Å². The Bertz CT molecular complexity index is 512. The molecule has 23 heavy (non-hydrogen) atoms. The summed E-state index contributed by atoms with van der Waals surface area (Å²) in [5, 5.41) is 15.2. The van der Waals surface area contributed by atoms with E-state index in [0.717, 1.165) is 43.5 Å². The predicted molar refractivity (Wildman–Crippen MR) is 89.7 cm³/mol. The molecule has 0 heterocycles. The van der Waals surface area contributed by atoms with Gasteiger partial charge in [0.1, 0.15) is 5.75 Å². The van der Waals surface area contributed by atoms with E-state index in [1.165, 1.54) is 12.8 Å². The van der Waals surface area contributed by atoms with E-state index in [4.69, 9.17) is 4.74 Å². The highest BCUT2D eigenvalue weighted by atomic mass is 16.5. The van der Waals surface area contributed by atoms with Crippen LogP contribution in [0.3, 0.4) is 0 Å². The Morgan fingerprint density at radius 1 is 1.13 bits per heavy atom. The number of amides is 2. The second-order valence-electron chi connectivity index (χ2n) is 6.72. The normalized spacial score (nSPS) is 24.6.